The SMILES string of the molecule is O=C(N[C@H](c1ccc(Cl)cc1)C1CC1)c1cccc([N+](=O)[O-])c1. The number of halogens is 1. The van der Waals surface area contributed by atoms with Gasteiger partial charge in [0.05, 0.1) is 11.0 Å². The Kier molecular flexibility index (Phi) is 4.30. The standard InChI is InChI=1S/C17H15ClN2O3/c18-14-8-6-12(7-9-14)16(11-4-5-11)19-17(21)13-2-1-3-15(10-13)20(22)23/h1-3,6-11,16H,4-5H2,(H,19,21)/t16-/m0/s1. The number of hydrogen-bond acceptors (Lipinski definition) is 3. The zero-order valence-corrected chi connectivity index (χ0v) is 13.0. The molecule has 1 aliphatic carbocycles. The number of nitrogens with zero attached hydrogens (tertiary/aromatic N) is 1. The molecule has 6 heteroatoms. The average molecular weight is 331 g/mol. The Hall–Kier alpha value is -2.40. The molecule has 0 saturated heterocycles. The summed E-state index contributed by atoms with van der Waals surface area (Å²) in [5.41, 5.74) is 1.20. The monoisotopic (exact) mass is 330 g/mol. The van der Waals surface area contributed by atoms with Crippen molar-refractivity contribution in [2.45, 2.75) is 18.9 Å². The van der Waals surface area contributed by atoms with Crippen LogP contribution in [0.15, 0.2) is 48.5 Å². The van der Waals surface area contributed by atoms with Crippen LogP contribution in [0.3, 0.4) is 0 Å². The summed E-state index contributed by atoms with van der Waals surface area (Å²) in [5, 5.41) is 14.5. The molecule has 3 rings (SSSR count). The van der Waals surface area contributed by atoms with Crippen molar-refractivity contribution in [3.8, 4) is 0 Å². The van der Waals surface area contributed by atoms with E-state index in [2.05, 4.69) is 5.32 Å². The molecule has 0 aromatic heterocycles. The second-order valence-corrected chi connectivity index (χ2v) is 6.08. The second kappa shape index (κ2) is 6.38. The Bertz CT molecular complexity index is 742. The van der Waals surface area contributed by atoms with Crippen molar-refractivity contribution >= 4 is 23.2 Å². The summed E-state index contributed by atoms with van der Waals surface area (Å²) in [6, 6.07) is 13.1. The van der Waals surface area contributed by atoms with Crippen molar-refractivity contribution < 1.29 is 9.72 Å². The summed E-state index contributed by atoms with van der Waals surface area (Å²) in [7, 11) is 0. The first-order chi connectivity index (χ1) is 11.0. The van der Waals surface area contributed by atoms with Gasteiger partial charge in [0.2, 0.25) is 0 Å². The maximum Gasteiger partial charge on any atom is 0.270 e. The minimum absolute atomic E-state index is 0.0906. The molecular weight excluding hydrogens is 316 g/mol. The first-order valence-electron chi connectivity index (χ1n) is 7.35. The molecule has 2 aromatic rings. The lowest BCUT2D eigenvalue weighted by molar-refractivity contribution is -0.384. The topological polar surface area (TPSA) is 72.2 Å². The summed E-state index contributed by atoms with van der Waals surface area (Å²) in [6.45, 7) is 0. The molecule has 0 radical (unpaired) electrons. The maximum absolute atomic E-state index is 12.4. The van der Waals surface area contributed by atoms with Crippen LogP contribution in [0.25, 0.3) is 0 Å². The van der Waals surface area contributed by atoms with Crippen molar-refractivity contribution in [1.82, 2.24) is 5.32 Å². The van der Waals surface area contributed by atoms with E-state index in [1.807, 2.05) is 12.1 Å². The maximum atomic E-state index is 12.4. The molecular formula is C17H15ClN2O3. The van der Waals surface area contributed by atoms with Gasteiger partial charge in [0.25, 0.3) is 11.6 Å². The van der Waals surface area contributed by atoms with E-state index in [0.717, 1.165) is 18.4 Å². The van der Waals surface area contributed by atoms with Crippen molar-refractivity contribution in [1.29, 1.82) is 0 Å². The number of nitro benzene ring substituents is 1. The fourth-order valence-corrected chi connectivity index (χ4v) is 2.68. The van der Waals surface area contributed by atoms with Crippen molar-refractivity contribution in [2.24, 2.45) is 5.92 Å². The molecule has 0 aliphatic heterocycles. The minimum atomic E-state index is -0.506. The molecule has 0 bridgehead atoms. The van der Waals surface area contributed by atoms with Crippen molar-refractivity contribution in [3.05, 3.63) is 74.8 Å². The third-order valence-corrected chi connectivity index (χ3v) is 4.18. The van der Waals surface area contributed by atoms with Crippen molar-refractivity contribution in [3.63, 3.8) is 0 Å². The number of nitrogens with one attached hydrogen (secondary N) is 1. The second-order valence-electron chi connectivity index (χ2n) is 5.65. The van der Waals surface area contributed by atoms with Crippen LogP contribution in [-0.4, -0.2) is 10.8 Å². The van der Waals surface area contributed by atoms with Gasteiger partial charge in [0, 0.05) is 22.7 Å². The number of rotatable bonds is 5. The van der Waals surface area contributed by atoms with Crippen molar-refractivity contribution in [2.75, 3.05) is 0 Å². The molecule has 1 aliphatic rings. The normalized spacial score (nSPS) is 15.0. The van der Waals surface area contributed by atoms with Gasteiger partial charge >= 0.3 is 0 Å². The summed E-state index contributed by atoms with van der Waals surface area (Å²) in [6.07, 6.45) is 2.12. The lowest BCUT2D eigenvalue weighted by Gasteiger charge is -2.19. The lowest BCUT2D eigenvalue weighted by Crippen LogP contribution is -2.29. The van der Waals surface area contributed by atoms with Gasteiger partial charge in [-0.1, -0.05) is 29.8 Å². The number of carbonyl (C=O) groups is 1. The molecule has 2 aromatic carbocycles. The van der Waals surface area contributed by atoms with Gasteiger partial charge in [-0.2, -0.15) is 0 Å². The van der Waals surface area contributed by atoms with Crippen LogP contribution in [0.5, 0.6) is 0 Å². The predicted octanol–water partition coefficient (Wildman–Crippen LogP) is 4.13. The third-order valence-electron chi connectivity index (χ3n) is 3.93. The van der Waals surface area contributed by atoms with Gasteiger partial charge in [-0.15, -0.1) is 0 Å². The molecule has 1 atom stereocenters. The zero-order chi connectivity index (χ0) is 16.4. The minimum Gasteiger partial charge on any atom is -0.345 e. The first-order valence-corrected chi connectivity index (χ1v) is 7.73. The highest BCUT2D eigenvalue weighted by molar-refractivity contribution is 6.30. The smallest absolute Gasteiger partial charge is 0.270 e. The molecule has 0 unspecified atom stereocenters. The lowest BCUT2D eigenvalue weighted by atomic mass is 10.0. The molecule has 0 spiro atoms. The van der Waals surface area contributed by atoms with E-state index in [0.29, 0.717) is 16.5 Å². The number of nitro groups is 1. The van der Waals surface area contributed by atoms with Gasteiger partial charge in [-0.3, -0.25) is 14.9 Å². The molecule has 5 nitrogen and oxygen atoms in total. The zero-order valence-electron chi connectivity index (χ0n) is 12.2. The first kappa shape index (κ1) is 15.5. The Morgan fingerprint density at radius 2 is 1.91 bits per heavy atom. The van der Waals surface area contributed by atoms with Crippen LogP contribution in [0.2, 0.25) is 5.02 Å². The number of non-ortho nitro benzene ring substituents is 1. The van der Waals surface area contributed by atoms with Gasteiger partial charge < -0.3 is 5.32 Å². The van der Waals surface area contributed by atoms with E-state index in [1.54, 1.807) is 18.2 Å². The molecule has 1 fully saturated rings. The highest BCUT2D eigenvalue weighted by Crippen LogP contribution is 2.41. The summed E-state index contributed by atoms with van der Waals surface area (Å²) >= 11 is 5.91. The number of carbonyl (C=O) groups excluding carboxylic acids is 1. The molecule has 118 valence electrons. The van der Waals surface area contributed by atoms with Crippen LogP contribution in [0, 0.1) is 16.0 Å². The summed E-state index contributed by atoms with van der Waals surface area (Å²) in [5.74, 6) is 0.0966. The van der Waals surface area contributed by atoms with E-state index in [-0.39, 0.29) is 17.6 Å². The molecule has 1 amide bonds. The molecule has 1 saturated carbocycles. The van der Waals surface area contributed by atoms with E-state index in [4.69, 9.17) is 11.6 Å². The Morgan fingerprint density at radius 1 is 1.22 bits per heavy atom. The number of benzene rings is 2. The van der Waals surface area contributed by atoms with Crippen LogP contribution in [0.1, 0.15) is 34.8 Å². The highest BCUT2D eigenvalue weighted by atomic mass is 35.5. The number of amides is 1. The number of hydrogen-bond donors (Lipinski definition) is 1. The van der Waals surface area contributed by atoms with Crippen LogP contribution < -0.4 is 5.32 Å². The average Bonchev–Trinajstić information content (AvgIpc) is 3.38. The fourth-order valence-electron chi connectivity index (χ4n) is 2.56. The Morgan fingerprint density at radius 3 is 2.52 bits per heavy atom. The summed E-state index contributed by atoms with van der Waals surface area (Å²) in [4.78, 5) is 22.8. The largest absolute Gasteiger partial charge is 0.345 e. The van der Waals surface area contributed by atoms with E-state index >= 15 is 0 Å². The van der Waals surface area contributed by atoms with E-state index in [9.17, 15) is 14.9 Å². The highest BCUT2D eigenvalue weighted by Gasteiger charge is 2.33. The van der Waals surface area contributed by atoms with Crippen LogP contribution >= 0.6 is 11.6 Å². The van der Waals surface area contributed by atoms with E-state index in [1.165, 1.54) is 18.2 Å². The molecule has 0 heterocycles. The fraction of sp³-hybridized carbons (Fsp3) is 0.235. The van der Waals surface area contributed by atoms with Gasteiger partial charge in [0.15, 0.2) is 0 Å². The van der Waals surface area contributed by atoms with E-state index < -0.39 is 4.92 Å². The molecule has 23 heavy (non-hydrogen) atoms. The van der Waals surface area contributed by atoms with Gasteiger partial charge in [0.1, 0.15) is 0 Å². The summed E-state index contributed by atoms with van der Waals surface area (Å²) < 4.78 is 0. The van der Waals surface area contributed by atoms with Crippen LogP contribution in [-0.2, 0) is 0 Å². The Labute approximate surface area is 138 Å². The predicted molar refractivity (Wildman–Crippen MR) is 87.5 cm³/mol. The third kappa shape index (κ3) is 3.68. The van der Waals surface area contributed by atoms with Gasteiger partial charge in [-0.05, 0) is 42.5 Å². The quantitative estimate of drug-likeness (QED) is 0.661. The van der Waals surface area contributed by atoms with Gasteiger partial charge in [-0.25, -0.2) is 0 Å². The molecule has 1 N–H and O–H groups in total. The van der Waals surface area contributed by atoms with Crippen LogP contribution in [0.4, 0.5) is 5.69 Å². The Balaban J connectivity index is 1.80.